The Labute approximate surface area is 200 Å². The Bertz CT molecular complexity index is 1490. The van der Waals surface area contributed by atoms with E-state index in [-0.39, 0.29) is 12.3 Å². The summed E-state index contributed by atoms with van der Waals surface area (Å²) in [5.74, 6) is 1.50. The largest absolute Gasteiger partial charge is 0.483 e. The number of hydrogen-bond acceptors (Lipinski definition) is 5. The highest BCUT2D eigenvalue weighted by Gasteiger charge is 2.25. The maximum absolute atomic E-state index is 13.4. The van der Waals surface area contributed by atoms with E-state index < -0.39 is 0 Å². The van der Waals surface area contributed by atoms with Crippen molar-refractivity contribution in [2.75, 3.05) is 5.73 Å². The van der Waals surface area contributed by atoms with Gasteiger partial charge in [-0.1, -0.05) is 49.6 Å². The predicted octanol–water partition coefficient (Wildman–Crippen LogP) is 5.41. The second-order valence-corrected chi connectivity index (χ2v) is 8.62. The van der Waals surface area contributed by atoms with Crippen LogP contribution < -0.4 is 5.73 Å². The van der Waals surface area contributed by atoms with Gasteiger partial charge in [-0.05, 0) is 36.6 Å². The van der Waals surface area contributed by atoms with Crippen LogP contribution in [0.4, 0.5) is 10.2 Å². The van der Waals surface area contributed by atoms with E-state index in [0.29, 0.717) is 11.7 Å². The topological polar surface area (TPSA) is 122 Å². The van der Waals surface area contributed by atoms with Crippen molar-refractivity contribution in [3.63, 3.8) is 0 Å². The second kappa shape index (κ2) is 9.54. The Morgan fingerprint density at radius 3 is 2.60 bits per heavy atom. The standard InChI is InChI=1S/C25H23FN6.CH2O2/c26-18-11-9-15(10-12-18)19-8-4-7-17-13-20(30-21(17)19)22-23-24(27)28-14-29-32(23)25(31-22)16-5-2-1-3-6-16;2-1-3/h4,7-14,16,30H,1-3,5-6H2,(H2,27,28,29);1H,(H,2,3). The third kappa shape index (κ3) is 4.21. The number of nitrogens with zero attached hydrogens (tertiary/aromatic N) is 4. The zero-order chi connectivity index (χ0) is 24.4. The van der Waals surface area contributed by atoms with Gasteiger partial charge in [0.2, 0.25) is 0 Å². The van der Waals surface area contributed by atoms with E-state index in [2.05, 4.69) is 27.2 Å². The molecule has 0 aliphatic heterocycles. The summed E-state index contributed by atoms with van der Waals surface area (Å²) in [7, 11) is 0. The summed E-state index contributed by atoms with van der Waals surface area (Å²) in [6.45, 7) is -0.250. The first kappa shape index (κ1) is 22.5. The minimum absolute atomic E-state index is 0.247. The van der Waals surface area contributed by atoms with Crippen molar-refractivity contribution >= 4 is 28.7 Å². The summed E-state index contributed by atoms with van der Waals surface area (Å²) >= 11 is 0. The molecule has 0 bridgehead atoms. The number of nitrogens with two attached hydrogens (primary N) is 1. The molecular weight excluding hydrogens is 447 g/mol. The lowest BCUT2D eigenvalue weighted by atomic mass is 9.89. The molecule has 35 heavy (non-hydrogen) atoms. The number of fused-ring (bicyclic) bond motifs is 2. The van der Waals surface area contributed by atoms with Gasteiger partial charge in [-0.2, -0.15) is 5.10 Å². The Balaban J connectivity index is 0.000000806. The molecule has 4 N–H and O–H groups in total. The SMILES string of the molecule is Nc1ncnn2c(C3CCCCC3)nc(-c3cc4cccc(-c5ccc(F)cc5)c4[nH]3)c12.O=CO. The fraction of sp³-hybridized carbons (Fsp3) is 0.231. The molecule has 1 aliphatic carbocycles. The van der Waals surface area contributed by atoms with Crippen molar-refractivity contribution in [2.45, 2.75) is 38.0 Å². The number of nitrogen functional groups attached to an aromatic ring is 1. The number of halogens is 1. The van der Waals surface area contributed by atoms with Crippen LogP contribution in [0.15, 0.2) is 54.9 Å². The molecule has 1 saturated carbocycles. The number of rotatable bonds is 3. The van der Waals surface area contributed by atoms with Crippen LogP contribution >= 0.6 is 0 Å². The summed E-state index contributed by atoms with van der Waals surface area (Å²) in [6.07, 6.45) is 7.43. The number of imidazole rings is 1. The highest BCUT2D eigenvalue weighted by atomic mass is 19.1. The number of para-hydroxylation sites is 1. The average Bonchev–Trinajstić information content (AvgIpc) is 3.48. The summed E-state index contributed by atoms with van der Waals surface area (Å²) in [4.78, 5) is 21.2. The van der Waals surface area contributed by atoms with Crippen LogP contribution in [0.1, 0.15) is 43.8 Å². The molecule has 5 aromatic rings. The summed E-state index contributed by atoms with van der Waals surface area (Å²) in [5.41, 5.74) is 11.6. The number of hydrogen-bond donors (Lipinski definition) is 3. The molecule has 8 nitrogen and oxygen atoms in total. The molecule has 0 radical (unpaired) electrons. The Morgan fingerprint density at radius 1 is 1.11 bits per heavy atom. The van der Waals surface area contributed by atoms with Crippen LogP contribution in [-0.2, 0) is 4.79 Å². The van der Waals surface area contributed by atoms with Crippen molar-refractivity contribution in [2.24, 2.45) is 0 Å². The van der Waals surface area contributed by atoms with Gasteiger partial charge in [-0.3, -0.25) is 4.79 Å². The average molecular weight is 473 g/mol. The number of carbonyl (C=O) groups is 1. The third-order valence-corrected chi connectivity index (χ3v) is 6.52. The van der Waals surface area contributed by atoms with E-state index in [1.165, 1.54) is 37.7 Å². The molecule has 0 spiro atoms. The molecule has 0 atom stereocenters. The van der Waals surface area contributed by atoms with E-state index in [9.17, 15) is 4.39 Å². The maximum atomic E-state index is 13.4. The van der Waals surface area contributed by atoms with Crippen LogP contribution in [0.3, 0.4) is 0 Å². The minimum Gasteiger partial charge on any atom is -0.483 e. The normalized spacial score (nSPS) is 14.1. The molecule has 3 aromatic heterocycles. The molecule has 178 valence electrons. The van der Waals surface area contributed by atoms with Gasteiger partial charge in [-0.25, -0.2) is 18.9 Å². The number of benzene rings is 2. The lowest BCUT2D eigenvalue weighted by molar-refractivity contribution is -0.122. The van der Waals surface area contributed by atoms with Crippen LogP contribution in [0.2, 0.25) is 0 Å². The van der Waals surface area contributed by atoms with Gasteiger partial charge in [0, 0.05) is 16.9 Å². The number of nitrogens with one attached hydrogen (secondary N) is 1. The van der Waals surface area contributed by atoms with Gasteiger partial charge < -0.3 is 15.8 Å². The van der Waals surface area contributed by atoms with Crippen molar-refractivity contribution in [1.82, 2.24) is 24.6 Å². The van der Waals surface area contributed by atoms with Gasteiger partial charge in [-0.15, -0.1) is 0 Å². The summed E-state index contributed by atoms with van der Waals surface area (Å²) in [6, 6.07) is 14.7. The zero-order valence-electron chi connectivity index (χ0n) is 19.0. The third-order valence-electron chi connectivity index (χ3n) is 6.52. The quantitative estimate of drug-likeness (QED) is 0.302. The van der Waals surface area contributed by atoms with Gasteiger partial charge >= 0.3 is 0 Å². The molecule has 3 heterocycles. The monoisotopic (exact) mass is 472 g/mol. The van der Waals surface area contributed by atoms with Crippen molar-refractivity contribution < 1.29 is 14.3 Å². The first-order chi connectivity index (χ1) is 17.1. The van der Waals surface area contributed by atoms with E-state index in [4.69, 9.17) is 20.6 Å². The van der Waals surface area contributed by atoms with E-state index in [1.807, 2.05) is 16.6 Å². The highest BCUT2D eigenvalue weighted by Crippen LogP contribution is 2.38. The van der Waals surface area contributed by atoms with Crippen molar-refractivity contribution in [3.8, 4) is 22.5 Å². The maximum Gasteiger partial charge on any atom is 0.290 e. The first-order valence-corrected chi connectivity index (χ1v) is 11.6. The van der Waals surface area contributed by atoms with E-state index in [1.54, 1.807) is 12.1 Å². The smallest absolute Gasteiger partial charge is 0.290 e. The number of anilines is 1. The Kier molecular flexibility index (Phi) is 6.13. The summed E-state index contributed by atoms with van der Waals surface area (Å²) < 4.78 is 15.3. The minimum atomic E-state index is -0.250. The molecule has 0 unspecified atom stereocenters. The number of aromatic amines is 1. The van der Waals surface area contributed by atoms with Gasteiger partial charge in [0.25, 0.3) is 6.47 Å². The number of aromatic nitrogens is 5. The molecule has 2 aromatic carbocycles. The first-order valence-electron chi connectivity index (χ1n) is 11.6. The number of H-pyrrole nitrogens is 1. The van der Waals surface area contributed by atoms with E-state index >= 15 is 0 Å². The molecule has 0 saturated heterocycles. The summed E-state index contributed by atoms with van der Waals surface area (Å²) in [5, 5.41) is 12.4. The van der Waals surface area contributed by atoms with Crippen LogP contribution in [-0.4, -0.2) is 36.1 Å². The van der Waals surface area contributed by atoms with Crippen LogP contribution in [0.5, 0.6) is 0 Å². The lowest BCUT2D eigenvalue weighted by Gasteiger charge is -2.19. The zero-order valence-corrected chi connectivity index (χ0v) is 19.0. The van der Waals surface area contributed by atoms with Crippen LogP contribution in [0, 0.1) is 5.82 Å². The molecule has 1 fully saturated rings. The predicted molar refractivity (Wildman–Crippen MR) is 132 cm³/mol. The Hall–Kier alpha value is -4.27. The molecule has 9 heteroatoms. The number of carboxylic acid groups (broad SMARTS) is 1. The van der Waals surface area contributed by atoms with Crippen LogP contribution in [0.25, 0.3) is 38.9 Å². The molecule has 6 rings (SSSR count). The van der Waals surface area contributed by atoms with Gasteiger partial charge in [0.05, 0.1) is 11.2 Å². The van der Waals surface area contributed by atoms with Gasteiger partial charge in [0.1, 0.15) is 29.2 Å². The Morgan fingerprint density at radius 2 is 1.86 bits per heavy atom. The van der Waals surface area contributed by atoms with Crippen molar-refractivity contribution in [3.05, 3.63) is 66.5 Å². The lowest BCUT2D eigenvalue weighted by Crippen LogP contribution is -2.10. The second-order valence-electron chi connectivity index (χ2n) is 8.62. The molecule has 1 aliphatic rings. The fourth-order valence-electron chi connectivity index (χ4n) is 4.94. The van der Waals surface area contributed by atoms with E-state index in [0.717, 1.165) is 57.6 Å². The molecule has 0 amide bonds. The van der Waals surface area contributed by atoms with Crippen molar-refractivity contribution in [1.29, 1.82) is 0 Å². The molecular formula is C26H25FN6O2. The fourth-order valence-corrected chi connectivity index (χ4v) is 4.94. The highest BCUT2D eigenvalue weighted by molar-refractivity contribution is 5.98. The van der Waals surface area contributed by atoms with Gasteiger partial charge in [0.15, 0.2) is 5.82 Å².